The number of rotatable bonds is 11. The third-order valence-electron chi connectivity index (χ3n) is 9.46. The van der Waals surface area contributed by atoms with Gasteiger partial charge >= 0.3 is 0 Å². The number of anilines is 1. The van der Waals surface area contributed by atoms with Crippen molar-refractivity contribution in [3.05, 3.63) is 70.2 Å². The predicted octanol–water partition coefficient (Wildman–Crippen LogP) is 7.69. The molecular formula is C35H45Cl2F2N3O4. The van der Waals surface area contributed by atoms with Crippen LogP contribution in [0.3, 0.4) is 0 Å². The van der Waals surface area contributed by atoms with Crippen LogP contribution in [-0.2, 0) is 15.1 Å². The summed E-state index contributed by atoms with van der Waals surface area (Å²) in [6, 6.07) is 9.83. The molecule has 2 aromatic rings. The van der Waals surface area contributed by atoms with Crippen LogP contribution >= 0.6 is 23.2 Å². The highest BCUT2D eigenvalue weighted by atomic mass is 35.5. The van der Waals surface area contributed by atoms with Gasteiger partial charge in [0.25, 0.3) is 17.7 Å². The van der Waals surface area contributed by atoms with Gasteiger partial charge in [-0.3, -0.25) is 9.59 Å². The van der Waals surface area contributed by atoms with Crippen LogP contribution in [0.15, 0.2) is 49.1 Å². The van der Waals surface area contributed by atoms with Crippen molar-refractivity contribution in [1.29, 1.82) is 0 Å². The molecule has 0 N–H and O–H groups in total. The highest BCUT2D eigenvalue weighted by Gasteiger charge is 2.60. The van der Waals surface area contributed by atoms with Gasteiger partial charge in [0, 0.05) is 63.5 Å². The van der Waals surface area contributed by atoms with Gasteiger partial charge in [0.2, 0.25) is 5.60 Å². The van der Waals surface area contributed by atoms with E-state index in [-0.39, 0.29) is 34.3 Å². The van der Waals surface area contributed by atoms with Gasteiger partial charge in [0.1, 0.15) is 5.75 Å². The number of benzene rings is 2. The first-order valence-electron chi connectivity index (χ1n) is 15.7. The molecular weight excluding hydrogens is 635 g/mol. The predicted molar refractivity (Wildman–Crippen MR) is 179 cm³/mol. The zero-order valence-electron chi connectivity index (χ0n) is 27.4. The fourth-order valence-electron chi connectivity index (χ4n) is 6.79. The summed E-state index contributed by atoms with van der Waals surface area (Å²) in [5.41, 5.74) is -1.19. The van der Waals surface area contributed by atoms with Crippen LogP contribution in [0.5, 0.6) is 5.75 Å². The van der Waals surface area contributed by atoms with Gasteiger partial charge < -0.3 is 24.2 Å². The van der Waals surface area contributed by atoms with E-state index in [0.717, 1.165) is 38.0 Å². The molecule has 2 fully saturated rings. The van der Waals surface area contributed by atoms with Gasteiger partial charge in [-0.25, -0.2) is 8.78 Å². The molecule has 2 amide bonds. The Morgan fingerprint density at radius 1 is 1.09 bits per heavy atom. The van der Waals surface area contributed by atoms with E-state index in [4.69, 9.17) is 32.7 Å². The van der Waals surface area contributed by atoms with Crippen LogP contribution in [0.25, 0.3) is 0 Å². The number of methoxy groups -OCH3 is 1. The summed E-state index contributed by atoms with van der Waals surface area (Å²) in [7, 11) is 4.81. The van der Waals surface area contributed by atoms with Crippen molar-refractivity contribution in [3.8, 4) is 5.75 Å². The lowest BCUT2D eigenvalue weighted by atomic mass is 9.71. The third-order valence-corrected chi connectivity index (χ3v) is 9.99. The van der Waals surface area contributed by atoms with E-state index in [0.29, 0.717) is 49.4 Å². The second kappa shape index (κ2) is 14.5. The van der Waals surface area contributed by atoms with Crippen molar-refractivity contribution in [2.45, 2.75) is 57.5 Å². The molecule has 7 nitrogen and oxygen atoms in total. The SMILES string of the molecule is C=CCO[C@@](C(=O)N1CCC(C)(CC2CCN(c3ccc(C(=O)N(C)C)c(Cl)c3)CC2)CC1)(c1cc(Cl)cc(OC)c1)C(C)(F)F. The maximum atomic E-state index is 15.6. The van der Waals surface area contributed by atoms with E-state index < -0.39 is 17.4 Å². The van der Waals surface area contributed by atoms with E-state index >= 15 is 8.78 Å². The number of piperidine rings is 2. The number of hydrogen-bond acceptors (Lipinski definition) is 5. The maximum absolute atomic E-state index is 15.6. The van der Waals surface area contributed by atoms with Crippen molar-refractivity contribution in [3.63, 3.8) is 0 Å². The molecule has 2 heterocycles. The summed E-state index contributed by atoms with van der Waals surface area (Å²) in [6.07, 6.45) is 5.75. The summed E-state index contributed by atoms with van der Waals surface area (Å²) in [5.74, 6) is -3.74. The smallest absolute Gasteiger partial charge is 0.287 e. The molecule has 11 heteroatoms. The van der Waals surface area contributed by atoms with Gasteiger partial charge in [-0.2, -0.15) is 0 Å². The molecule has 2 aliphatic heterocycles. The van der Waals surface area contributed by atoms with Crippen LogP contribution < -0.4 is 9.64 Å². The Hall–Kier alpha value is -2.88. The maximum Gasteiger partial charge on any atom is 0.287 e. The first-order chi connectivity index (χ1) is 21.6. The van der Waals surface area contributed by atoms with E-state index in [2.05, 4.69) is 18.4 Å². The number of likely N-dealkylation sites (tertiary alicyclic amines) is 1. The number of alkyl halides is 2. The Kier molecular flexibility index (Phi) is 11.3. The number of amides is 2. The monoisotopic (exact) mass is 679 g/mol. The summed E-state index contributed by atoms with van der Waals surface area (Å²) in [5, 5.41) is 0.608. The number of halogens is 4. The van der Waals surface area contributed by atoms with Crippen LogP contribution in [0.1, 0.15) is 61.9 Å². The second-order valence-electron chi connectivity index (χ2n) is 13.2. The Labute approximate surface area is 281 Å². The number of nitrogens with zero attached hydrogens (tertiary/aromatic N) is 3. The summed E-state index contributed by atoms with van der Waals surface area (Å²) in [6.45, 7) is 8.74. The van der Waals surface area contributed by atoms with Crippen molar-refractivity contribution in [2.75, 3.05) is 58.9 Å². The molecule has 4 rings (SSSR count). The lowest BCUT2D eigenvalue weighted by molar-refractivity contribution is -0.215. The zero-order chi connectivity index (χ0) is 33.9. The molecule has 0 aromatic heterocycles. The lowest BCUT2D eigenvalue weighted by Crippen LogP contribution is -2.59. The molecule has 252 valence electrons. The topological polar surface area (TPSA) is 62.3 Å². The normalized spacial score (nSPS) is 18.5. The summed E-state index contributed by atoms with van der Waals surface area (Å²) < 4.78 is 42.3. The Morgan fingerprint density at radius 2 is 1.74 bits per heavy atom. The van der Waals surface area contributed by atoms with Gasteiger partial charge in [-0.1, -0.05) is 36.2 Å². The molecule has 0 radical (unpaired) electrons. The number of hydrogen-bond donors (Lipinski definition) is 0. The van der Waals surface area contributed by atoms with Crippen molar-refractivity contribution < 1.29 is 27.8 Å². The van der Waals surface area contributed by atoms with Gasteiger partial charge in [0.15, 0.2) is 0 Å². The molecule has 2 aliphatic rings. The van der Waals surface area contributed by atoms with Crippen LogP contribution in [0.4, 0.5) is 14.5 Å². The summed E-state index contributed by atoms with van der Waals surface area (Å²) >= 11 is 12.7. The van der Waals surface area contributed by atoms with Crippen LogP contribution in [0.2, 0.25) is 10.0 Å². The summed E-state index contributed by atoms with van der Waals surface area (Å²) in [4.78, 5) is 31.8. The third kappa shape index (κ3) is 7.63. The highest BCUT2D eigenvalue weighted by Crippen LogP contribution is 2.47. The average Bonchev–Trinajstić information content (AvgIpc) is 3.00. The minimum absolute atomic E-state index is 0.0280. The highest BCUT2D eigenvalue weighted by molar-refractivity contribution is 6.34. The van der Waals surface area contributed by atoms with Crippen LogP contribution in [-0.4, -0.2) is 81.5 Å². The first-order valence-corrected chi connectivity index (χ1v) is 16.4. The standard InChI is InChI=1S/C35H45Cl2F2N3O4/c1-7-18-46-35(34(3,38)39,25-19-26(36)21-28(20-25)45-6)32(44)42-16-12-33(2,13-17-42)23-24-10-14-41(15-11-24)27-8-9-29(30(37)22-27)31(43)40(4)5/h7-9,19-22,24H,1,10-18,23H2,2-6H3/t35-/m1/s1. The number of carbonyl (C=O) groups excluding carboxylic acids is 2. The minimum Gasteiger partial charge on any atom is -0.497 e. The van der Waals surface area contributed by atoms with Gasteiger partial charge in [0.05, 0.1) is 24.3 Å². The van der Waals surface area contributed by atoms with E-state index in [1.807, 2.05) is 12.1 Å². The van der Waals surface area contributed by atoms with Crippen molar-refractivity contribution in [1.82, 2.24) is 9.80 Å². The fourth-order valence-corrected chi connectivity index (χ4v) is 7.27. The molecule has 46 heavy (non-hydrogen) atoms. The molecule has 0 bridgehead atoms. The fraction of sp³-hybridized carbons (Fsp3) is 0.543. The van der Waals surface area contributed by atoms with E-state index in [1.54, 1.807) is 20.2 Å². The average molecular weight is 681 g/mol. The van der Waals surface area contributed by atoms with Crippen molar-refractivity contribution >= 4 is 40.7 Å². The van der Waals surface area contributed by atoms with E-state index in [1.165, 1.54) is 41.2 Å². The Morgan fingerprint density at radius 3 is 2.28 bits per heavy atom. The second-order valence-corrected chi connectivity index (χ2v) is 14.0. The Balaban J connectivity index is 1.42. The lowest BCUT2D eigenvalue weighted by Gasteiger charge is -2.46. The molecule has 2 aromatic carbocycles. The molecule has 0 aliphatic carbocycles. The molecule has 0 saturated carbocycles. The first kappa shape index (κ1) is 36.0. The van der Waals surface area contributed by atoms with Gasteiger partial charge in [-0.15, -0.1) is 6.58 Å². The van der Waals surface area contributed by atoms with E-state index in [9.17, 15) is 9.59 Å². The van der Waals surface area contributed by atoms with Gasteiger partial charge in [-0.05, 0) is 79.8 Å². The van der Waals surface area contributed by atoms with Crippen LogP contribution in [0, 0.1) is 11.3 Å². The molecule has 0 spiro atoms. The number of ether oxygens (including phenoxy) is 2. The largest absolute Gasteiger partial charge is 0.497 e. The van der Waals surface area contributed by atoms with Crippen molar-refractivity contribution in [2.24, 2.45) is 11.3 Å². The number of carbonyl (C=O) groups is 2. The minimum atomic E-state index is -3.58. The molecule has 2 saturated heterocycles. The molecule has 1 atom stereocenters. The quantitative estimate of drug-likeness (QED) is 0.228. The zero-order valence-corrected chi connectivity index (χ0v) is 28.9. The molecule has 0 unspecified atom stereocenters. The Bertz CT molecular complexity index is 1420.